The number of carbonyl (C=O) groups is 1. The second-order valence-electron chi connectivity index (χ2n) is 6.37. The standard InChI is InChI=1S/C19H25N3O/c1-3-20-13-15-9-11-22(12-10-15)19(23)17-6-4-5-16-8-7-14(2)21-18(16)17/h4-8,15,20H,3,9-13H2,1-2H3. The van der Waals surface area contributed by atoms with Gasteiger partial charge in [-0.15, -0.1) is 0 Å². The lowest BCUT2D eigenvalue weighted by atomic mass is 9.96. The SMILES string of the molecule is CCNCC1CCN(C(=O)c2cccc3ccc(C)nc23)CC1. The quantitative estimate of drug-likeness (QED) is 0.944. The van der Waals surface area contributed by atoms with E-state index >= 15 is 0 Å². The van der Waals surface area contributed by atoms with Gasteiger partial charge in [0.1, 0.15) is 0 Å². The molecule has 1 aliphatic heterocycles. The smallest absolute Gasteiger partial charge is 0.256 e. The average Bonchev–Trinajstić information content (AvgIpc) is 2.59. The minimum absolute atomic E-state index is 0.121. The first-order chi connectivity index (χ1) is 11.2. The summed E-state index contributed by atoms with van der Waals surface area (Å²) in [5, 5.41) is 4.44. The maximum atomic E-state index is 12.9. The summed E-state index contributed by atoms with van der Waals surface area (Å²) in [5.41, 5.74) is 2.51. The Morgan fingerprint density at radius 3 is 2.78 bits per heavy atom. The lowest BCUT2D eigenvalue weighted by Crippen LogP contribution is -2.40. The van der Waals surface area contributed by atoms with Gasteiger partial charge in [0.05, 0.1) is 11.1 Å². The number of fused-ring (bicyclic) bond motifs is 1. The Labute approximate surface area is 137 Å². The minimum atomic E-state index is 0.121. The summed E-state index contributed by atoms with van der Waals surface area (Å²) in [7, 11) is 0. The molecular weight excluding hydrogens is 286 g/mol. The molecule has 122 valence electrons. The molecule has 4 heteroatoms. The van der Waals surface area contributed by atoms with Crippen molar-refractivity contribution < 1.29 is 4.79 Å². The highest BCUT2D eigenvalue weighted by Crippen LogP contribution is 2.22. The Bertz CT molecular complexity index is 690. The number of aromatic nitrogens is 1. The summed E-state index contributed by atoms with van der Waals surface area (Å²) in [6, 6.07) is 9.90. The van der Waals surface area contributed by atoms with E-state index in [0.717, 1.165) is 61.2 Å². The van der Waals surface area contributed by atoms with Gasteiger partial charge >= 0.3 is 0 Å². The summed E-state index contributed by atoms with van der Waals surface area (Å²) in [6.07, 6.45) is 2.16. The van der Waals surface area contributed by atoms with Crippen LogP contribution in [0.25, 0.3) is 10.9 Å². The molecule has 2 aromatic rings. The van der Waals surface area contributed by atoms with Gasteiger partial charge in [-0.3, -0.25) is 9.78 Å². The number of likely N-dealkylation sites (tertiary alicyclic amines) is 1. The van der Waals surface area contributed by atoms with Gasteiger partial charge < -0.3 is 10.2 Å². The van der Waals surface area contributed by atoms with E-state index < -0.39 is 0 Å². The summed E-state index contributed by atoms with van der Waals surface area (Å²) in [5.74, 6) is 0.808. The van der Waals surface area contributed by atoms with Crippen LogP contribution in [0.3, 0.4) is 0 Å². The molecule has 0 spiro atoms. The van der Waals surface area contributed by atoms with Gasteiger partial charge in [-0.2, -0.15) is 0 Å². The molecule has 0 atom stereocenters. The fraction of sp³-hybridized carbons (Fsp3) is 0.474. The zero-order chi connectivity index (χ0) is 16.2. The third kappa shape index (κ3) is 3.53. The summed E-state index contributed by atoms with van der Waals surface area (Å²) < 4.78 is 0. The van der Waals surface area contributed by atoms with Crippen LogP contribution in [0.15, 0.2) is 30.3 Å². The first-order valence-electron chi connectivity index (χ1n) is 8.55. The van der Waals surface area contributed by atoms with Crippen molar-refractivity contribution in [1.29, 1.82) is 0 Å². The number of nitrogens with zero attached hydrogens (tertiary/aromatic N) is 2. The van der Waals surface area contributed by atoms with Crippen molar-refractivity contribution in [1.82, 2.24) is 15.2 Å². The summed E-state index contributed by atoms with van der Waals surface area (Å²) >= 11 is 0. The zero-order valence-electron chi connectivity index (χ0n) is 14.0. The molecule has 0 radical (unpaired) electrons. The van der Waals surface area contributed by atoms with Crippen LogP contribution in [0.5, 0.6) is 0 Å². The maximum Gasteiger partial charge on any atom is 0.256 e. The number of nitrogens with one attached hydrogen (secondary N) is 1. The highest BCUT2D eigenvalue weighted by atomic mass is 16.2. The van der Waals surface area contributed by atoms with Crippen molar-refractivity contribution in [3.8, 4) is 0 Å². The zero-order valence-corrected chi connectivity index (χ0v) is 14.0. The van der Waals surface area contributed by atoms with Crippen molar-refractivity contribution in [2.24, 2.45) is 5.92 Å². The molecule has 23 heavy (non-hydrogen) atoms. The molecular formula is C19H25N3O. The number of hydrogen-bond donors (Lipinski definition) is 1. The summed E-state index contributed by atoms with van der Waals surface area (Å²) in [6.45, 7) is 7.86. The Morgan fingerprint density at radius 1 is 1.26 bits per heavy atom. The number of rotatable bonds is 4. The van der Waals surface area contributed by atoms with Crippen LogP contribution < -0.4 is 5.32 Å². The van der Waals surface area contributed by atoms with E-state index in [0.29, 0.717) is 5.92 Å². The monoisotopic (exact) mass is 311 g/mol. The Balaban J connectivity index is 1.75. The third-order valence-corrected chi connectivity index (χ3v) is 4.67. The molecule has 1 aromatic carbocycles. The lowest BCUT2D eigenvalue weighted by Gasteiger charge is -2.32. The van der Waals surface area contributed by atoms with E-state index in [1.165, 1.54) is 0 Å². The minimum Gasteiger partial charge on any atom is -0.339 e. The molecule has 1 saturated heterocycles. The Kier molecular flexibility index (Phi) is 4.91. The van der Waals surface area contributed by atoms with Crippen LogP contribution in [0.4, 0.5) is 0 Å². The van der Waals surface area contributed by atoms with Gasteiger partial charge in [-0.05, 0) is 50.9 Å². The van der Waals surface area contributed by atoms with Crippen molar-refractivity contribution in [2.75, 3.05) is 26.2 Å². The largest absolute Gasteiger partial charge is 0.339 e. The normalized spacial score (nSPS) is 16.0. The van der Waals surface area contributed by atoms with Crippen LogP contribution in [0.1, 0.15) is 35.8 Å². The van der Waals surface area contributed by atoms with Gasteiger partial charge in [0.2, 0.25) is 0 Å². The molecule has 0 saturated carbocycles. The van der Waals surface area contributed by atoms with Gasteiger partial charge in [0.25, 0.3) is 5.91 Å². The number of piperidine rings is 1. The summed E-state index contributed by atoms with van der Waals surface area (Å²) in [4.78, 5) is 19.5. The highest BCUT2D eigenvalue weighted by molar-refractivity contribution is 6.05. The number of hydrogen-bond acceptors (Lipinski definition) is 3. The number of para-hydroxylation sites is 1. The molecule has 0 unspecified atom stereocenters. The van der Waals surface area contributed by atoms with E-state index in [-0.39, 0.29) is 5.91 Å². The van der Waals surface area contributed by atoms with Crippen molar-refractivity contribution in [3.05, 3.63) is 41.6 Å². The molecule has 3 rings (SSSR count). The Hall–Kier alpha value is -1.94. The van der Waals surface area contributed by atoms with Crippen LogP contribution in [0.2, 0.25) is 0 Å². The second kappa shape index (κ2) is 7.09. The number of aryl methyl sites for hydroxylation is 1. The van der Waals surface area contributed by atoms with Gasteiger partial charge in [0.15, 0.2) is 0 Å². The molecule has 2 heterocycles. The maximum absolute atomic E-state index is 12.9. The first-order valence-corrected chi connectivity index (χ1v) is 8.55. The van der Waals surface area contributed by atoms with E-state index in [4.69, 9.17) is 0 Å². The second-order valence-corrected chi connectivity index (χ2v) is 6.37. The number of carbonyl (C=O) groups excluding carboxylic acids is 1. The van der Waals surface area contributed by atoms with E-state index in [1.807, 2.05) is 42.2 Å². The average molecular weight is 311 g/mol. The van der Waals surface area contributed by atoms with Gasteiger partial charge in [-0.25, -0.2) is 0 Å². The lowest BCUT2D eigenvalue weighted by molar-refractivity contribution is 0.0692. The van der Waals surface area contributed by atoms with Crippen LogP contribution in [0, 0.1) is 12.8 Å². The molecule has 1 aliphatic rings. The fourth-order valence-electron chi connectivity index (χ4n) is 3.28. The van der Waals surface area contributed by atoms with Gasteiger partial charge in [0, 0.05) is 24.2 Å². The molecule has 0 bridgehead atoms. The van der Waals surface area contributed by atoms with E-state index in [1.54, 1.807) is 0 Å². The molecule has 1 aromatic heterocycles. The molecule has 4 nitrogen and oxygen atoms in total. The Morgan fingerprint density at radius 2 is 2.04 bits per heavy atom. The third-order valence-electron chi connectivity index (χ3n) is 4.67. The molecule has 0 aliphatic carbocycles. The molecule has 1 fully saturated rings. The van der Waals surface area contributed by atoms with Crippen LogP contribution in [-0.4, -0.2) is 42.0 Å². The fourth-order valence-corrected chi connectivity index (χ4v) is 3.28. The van der Waals surface area contributed by atoms with Crippen molar-refractivity contribution in [3.63, 3.8) is 0 Å². The predicted molar refractivity (Wildman–Crippen MR) is 93.7 cm³/mol. The van der Waals surface area contributed by atoms with Crippen LogP contribution >= 0.6 is 0 Å². The highest BCUT2D eigenvalue weighted by Gasteiger charge is 2.24. The van der Waals surface area contributed by atoms with Crippen LogP contribution in [-0.2, 0) is 0 Å². The van der Waals surface area contributed by atoms with E-state index in [9.17, 15) is 4.79 Å². The number of amides is 1. The molecule has 1 amide bonds. The number of benzene rings is 1. The van der Waals surface area contributed by atoms with Gasteiger partial charge in [-0.1, -0.05) is 25.1 Å². The topological polar surface area (TPSA) is 45.2 Å². The predicted octanol–water partition coefficient (Wildman–Crippen LogP) is 3.00. The van der Waals surface area contributed by atoms with Crippen molar-refractivity contribution in [2.45, 2.75) is 26.7 Å². The number of pyridine rings is 1. The first kappa shape index (κ1) is 15.9. The van der Waals surface area contributed by atoms with E-state index in [2.05, 4.69) is 17.2 Å². The van der Waals surface area contributed by atoms with Crippen molar-refractivity contribution >= 4 is 16.8 Å². The molecule has 1 N–H and O–H groups in total.